The van der Waals surface area contributed by atoms with Crippen molar-refractivity contribution in [2.75, 3.05) is 195 Å². The Hall–Kier alpha value is -1.84. The van der Waals surface area contributed by atoms with Crippen molar-refractivity contribution in [1.29, 1.82) is 0 Å². The van der Waals surface area contributed by atoms with Crippen molar-refractivity contribution in [2.24, 2.45) is 0 Å². The highest BCUT2D eigenvalue weighted by molar-refractivity contribution is 5.04. The van der Waals surface area contributed by atoms with Crippen LogP contribution in [-0.4, -0.2) is 410 Å². The van der Waals surface area contributed by atoms with Crippen LogP contribution in [0.2, 0.25) is 0 Å². The van der Waals surface area contributed by atoms with Gasteiger partial charge in [-0.05, 0) is 0 Å². The van der Waals surface area contributed by atoms with Gasteiger partial charge >= 0.3 is 0 Å². The summed E-state index contributed by atoms with van der Waals surface area (Å²) < 4.78 is 227. The van der Waals surface area contributed by atoms with Crippen LogP contribution < -0.4 is 0 Å². The molecular formula is C65H112O35. The average molecular weight is 1450 g/mol. The molecule has 21 heterocycles. The lowest BCUT2D eigenvalue weighted by Crippen LogP contribution is -2.69. The molecule has 21 aliphatic rings. The summed E-state index contributed by atoms with van der Waals surface area (Å²) in [5.41, 5.74) is 0. The number of hydrogen-bond donors (Lipinski definition) is 0. The topological polar surface area (TPSA) is 323 Å². The first-order valence-electron chi connectivity index (χ1n) is 33.2. The van der Waals surface area contributed by atoms with E-state index in [1.165, 1.54) is 142 Å². The SMILES string of the molecule is C#CCOC[C@H]1O[C@@H]2O[C@H]3[C@H](OC)[C@@H](OC)[C@@H](O[C@H]4[C@H](OC)[C@@H](OC)[C@@H](O[C@H]5[C@H](OC)[C@@H](OC)[C@@H](O[C@H]6[C@H](OC)[C@@H](OC)[C@@H](O[C@H]7[C@H](OC)[C@@H](OC)[C@@H](O[C@H]8[C@H](OC)[C@@H](OC)[C@@H](O[C@H]1[C@H](OC)[C@H]2OC)O[C@@H]8COC)O[C@@H]7COC)O[C@@H]6COC)O[C@@H]5COC)O[C@@H]4COC)O[C@@H]3COC. The van der Waals surface area contributed by atoms with Gasteiger partial charge in [-0.2, -0.15) is 0 Å². The molecule has 0 spiro atoms. The van der Waals surface area contributed by atoms with Crippen LogP contribution in [0.25, 0.3) is 0 Å². The van der Waals surface area contributed by atoms with Crippen LogP contribution in [0.1, 0.15) is 0 Å². The van der Waals surface area contributed by atoms with Crippen molar-refractivity contribution in [3.8, 4) is 12.3 Å². The number of methoxy groups -OCH3 is 20. The molecule has 14 bridgehead atoms. The zero-order valence-corrected chi connectivity index (χ0v) is 61.2. The molecular weight excluding hydrogens is 1340 g/mol. The summed E-state index contributed by atoms with van der Waals surface area (Å²) in [5.74, 6) is 2.52. The van der Waals surface area contributed by atoms with Gasteiger partial charge in [0, 0.05) is 142 Å². The van der Waals surface area contributed by atoms with Crippen molar-refractivity contribution in [2.45, 2.75) is 215 Å². The van der Waals surface area contributed by atoms with Gasteiger partial charge in [0.05, 0.1) is 46.2 Å². The van der Waals surface area contributed by atoms with E-state index in [2.05, 4.69) is 5.92 Å². The van der Waals surface area contributed by atoms with Crippen molar-refractivity contribution >= 4 is 0 Å². The maximum atomic E-state index is 7.06. The molecule has 35 heteroatoms. The van der Waals surface area contributed by atoms with Crippen LogP contribution in [0.4, 0.5) is 0 Å². The lowest BCUT2D eigenvalue weighted by molar-refractivity contribution is -0.402. The van der Waals surface area contributed by atoms with E-state index in [1.54, 1.807) is 0 Å². The number of rotatable bonds is 29. The summed E-state index contributed by atoms with van der Waals surface area (Å²) in [6.07, 6.45) is -31.0. The Bertz CT molecular complexity index is 2300. The summed E-state index contributed by atoms with van der Waals surface area (Å²) in [4.78, 5) is 0. The molecule has 0 unspecified atom stereocenters. The van der Waals surface area contributed by atoms with Crippen LogP contribution in [0.5, 0.6) is 0 Å². The highest BCUT2D eigenvalue weighted by Gasteiger charge is 2.62. The van der Waals surface area contributed by atoms with Crippen molar-refractivity contribution < 1.29 is 166 Å². The van der Waals surface area contributed by atoms with E-state index in [0.29, 0.717) is 0 Å². The molecule has 0 saturated carbocycles. The molecule has 21 rings (SSSR count). The minimum absolute atomic E-state index is 0.0443. The molecule has 0 aromatic rings. The van der Waals surface area contributed by atoms with Gasteiger partial charge in [-0.1, -0.05) is 5.92 Å². The first-order chi connectivity index (χ1) is 48.7. The molecule has 35 nitrogen and oxygen atoms in total. The molecule has 0 radical (unpaired) electrons. The Kier molecular flexibility index (Phi) is 34.8. The summed E-state index contributed by atoms with van der Waals surface area (Å²) in [5, 5.41) is 0. The Morgan fingerprint density at radius 2 is 0.340 bits per heavy atom. The smallest absolute Gasteiger partial charge is 0.187 e. The molecule has 582 valence electrons. The molecule has 0 amide bonds. The Morgan fingerprint density at radius 3 is 0.460 bits per heavy atom. The molecule has 0 aromatic carbocycles. The Labute approximate surface area is 586 Å². The molecule has 35 atom stereocenters. The highest BCUT2D eigenvalue weighted by atomic mass is 16.8. The van der Waals surface area contributed by atoms with Gasteiger partial charge in [-0.15, -0.1) is 6.42 Å². The maximum absolute atomic E-state index is 7.06. The molecule has 21 aliphatic heterocycles. The summed E-state index contributed by atoms with van der Waals surface area (Å²) >= 11 is 0. The summed E-state index contributed by atoms with van der Waals surface area (Å²) in [6, 6.07) is 0. The third-order valence-corrected chi connectivity index (χ3v) is 19.4. The van der Waals surface area contributed by atoms with Gasteiger partial charge in [-0.25, -0.2) is 0 Å². The minimum atomic E-state index is -1.27. The van der Waals surface area contributed by atoms with Crippen molar-refractivity contribution in [3.63, 3.8) is 0 Å². The third-order valence-electron chi connectivity index (χ3n) is 19.4. The highest BCUT2D eigenvalue weighted by Crippen LogP contribution is 2.43. The maximum Gasteiger partial charge on any atom is 0.187 e. The van der Waals surface area contributed by atoms with Crippen molar-refractivity contribution in [1.82, 2.24) is 0 Å². The molecule has 0 aromatic heterocycles. The third kappa shape index (κ3) is 18.5. The van der Waals surface area contributed by atoms with Crippen LogP contribution in [0, 0.1) is 12.3 Å². The molecule has 21 saturated heterocycles. The second-order valence-electron chi connectivity index (χ2n) is 24.8. The first-order valence-corrected chi connectivity index (χ1v) is 33.2. The fourth-order valence-corrected chi connectivity index (χ4v) is 14.9. The van der Waals surface area contributed by atoms with Gasteiger partial charge in [-0.3, -0.25) is 0 Å². The van der Waals surface area contributed by atoms with Crippen LogP contribution >= 0.6 is 0 Å². The van der Waals surface area contributed by atoms with E-state index in [0.717, 1.165) is 0 Å². The van der Waals surface area contributed by atoms with E-state index >= 15 is 0 Å². The predicted octanol–water partition coefficient (Wildman–Crippen LogP) is -1.49. The molecule has 0 N–H and O–H groups in total. The Balaban J connectivity index is 1.24. The van der Waals surface area contributed by atoms with Gasteiger partial charge in [0.25, 0.3) is 0 Å². The van der Waals surface area contributed by atoms with E-state index in [-0.39, 0.29) is 52.9 Å². The lowest BCUT2D eigenvalue weighted by atomic mass is 9.94. The zero-order valence-electron chi connectivity index (χ0n) is 61.2. The monoisotopic (exact) mass is 1450 g/mol. The summed E-state index contributed by atoms with van der Waals surface area (Å²) in [7, 11) is 30.0. The van der Waals surface area contributed by atoms with Crippen LogP contribution in [-0.2, 0) is 166 Å². The predicted molar refractivity (Wildman–Crippen MR) is 337 cm³/mol. The molecule has 0 aliphatic carbocycles. The largest absolute Gasteiger partial charge is 0.382 e. The van der Waals surface area contributed by atoms with Gasteiger partial charge in [0.1, 0.15) is 178 Å². The average Bonchev–Trinajstić information content (AvgIpc) is 0.768. The van der Waals surface area contributed by atoms with Gasteiger partial charge in [0.2, 0.25) is 0 Å². The van der Waals surface area contributed by atoms with Crippen LogP contribution in [0.15, 0.2) is 0 Å². The van der Waals surface area contributed by atoms with E-state index in [4.69, 9.17) is 172 Å². The molecule has 100 heavy (non-hydrogen) atoms. The van der Waals surface area contributed by atoms with E-state index in [9.17, 15) is 0 Å². The normalized spacial score (nSPS) is 45.3. The number of hydrogen-bond acceptors (Lipinski definition) is 35. The summed E-state index contributed by atoms with van der Waals surface area (Å²) in [6.45, 7) is -0.543. The van der Waals surface area contributed by atoms with Gasteiger partial charge in [0.15, 0.2) is 44.0 Å². The minimum Gasteiger partial charge on any atom is -0.382 e. The Morgan fingerprint density at radius 1 is 0.200 bits per heavy atom. The first kappa shape index (κ1) is 83.8. The van der Waals surface area contributed by atoms with Gasteiger partial charge < -0.3 is 166 Å². The molecule has 21 fully saturated rings. The number of terminal acetylenes is 1. The standard InChI is InChI=1S/C65H112O35/c1-22-23-86-30-37-44-51(78-14)58(85-21)65(93-37)99-43-36(29-71-7)91-63(56(83-19)50(43)77-13)97-41-34(27-69-5)89-61(54(81-17)48(41)75-11)95-39-32(25-67-3)87-59(52(79-15)46(39)73-9)94-38-31(24-66-2)88-60(53(80-16)45(38)72-8)96-40-33(26-68-4)90-62(55(82-18)47(40)74-10)98-42-35(28-70-6)92-64(100-44)57(84-20)49(42)76-12/h1,31-65H,23-30H2,2-21H3/t31-,32-,33-,34-,35-,36-,37-,38-,39-,40-,41-,42-,43-,44-,45+,46+,47+,48+,49+,50+,51+,52-,53-,54-,55-,56-,57-,58-,59-,60-,61-,62-,63-,64-,65-/m1/s1. The van der Waals surface area contributed by atoms with E-state index < -0.39 is 215 Å². The fraction of sp³-hybridized carbons (Fsp3) is 0.969. The van der Waals surface area contributed by atoms with E-state index in [1.807, 2.05) is 0 Å². The van der Waals surface area contributed by atoms with Crippen molar-refractivity contribution in [3.05, 3.63) is 0 Å². The second kappa shape index (κ2) is 41.5. The quantitative estimate of drug-likeness (QED) is 0.0608. The van der Waals surface area contributed by atoms with Crippen LogP contribution in [0.3, 0.4) is 0 Å². The fourth-order valence-electron chi connectivity index (χ4n) is 14.9. The lowest BCUT2D eigenvalue weighted by Gasteiger charge is -2.52. The number of ether oxygens (including phenoxy) is 35. The zero-order chi connectivity index (χ0) is 72.3. The second-order valence-corrected chi connectivity index (χ2v) is 24.8.